The second kappa shape index (κ2) is 6.50. The summed E-state index contributed by atoms with van der Waals surface area (Å²) in [5, 5.41) is 0. The van der Waals surface area contributed by atoms with Gasteiger partial charge in [0.25, 0.3) is 0 Å². The van der Waals surface area contributed by atoms with Gasteiger partial charge in [-0.05, 0) is 32.1 Å². The van der Waals surface area contributed by atoms with Crippen molar-refractivity contribution < 1.29 is 9.59 Å². The molecule has 1 aliphatic carbocycles. The third-order valence-electron chi connectivity index (χ3n) is 4.86. The Morgan fingerprint density at radius 3 is 2.05 bits per heavy atom. The SMILES string of the molecule is O=C(C1CC=CCC1)N1CCN(C(=O)N2CCCC2)CC1. The van der Waals surface area contributed by atoms with Gasteiger partial charge in [-0.2, -0.15) is 0 Å². The molecule has 1 unspecified atom stereocenters. The second-order valence-corrected chi connectivity index (χ2v) is 6.27. The number of hydrogen-bond acceptors (Lipinski definition) is 2. The lowest BCUT2D eigenvalue weighted by Crippen LogP contribution is -2.54. The van der Waals surface area contributed by atoms with Crippen LogP contribution in [0, 0.1) is 5.92 Å². The van der Waals surface area contributed by atoms with Crippen LogP contribution in [0.2, 0.25) is 0 Å². The maximum Gasteiger partial charge on any atom is 0.320 e. The van der Waals surface area contributed by atoms with E-state index in [9.17, 15) is 9.59 Å². The van der Waals surface area contributed by atoms with Crippen molar-refractivity contribution in [2.24, 2.45) is 5.92 Å². The molecule has 3 aliphatic rings. The average Bonchev–Trinajstić information content (AvgIpc) is 3.09. The molecule has 0 aromatic heterocycles. The summed E-state index contributed by atoms with van der Waals surface area (Å²) in [5.41, 5.74) is 0. The van der Waals surface area contributed by atoms with Gasteiger partial charge in [-0.3, -0.25) is 4.79 Å². The van der Waals surface area contributed by atoms with Gasteiger partial charge < -0.3 is 14.7 Å². The van der Waals surface area contributed by atoms with Gasteiger partial charge in [-0.1, -0.05) is 12.2 Å². The summed E-state index contributed by atoms with van der Waals surface area (Å²) in [4.78, 5) is 30.6. The first-order valence-electron chi connectivity index (χ1n) is 8.23. The molecule has 5 heteroatoms. The zero-order valence-corrected chi connectivity index (χ0v) is 12.7. The van der Waals surface area contributed by atoms with Crippen molar-refractivity contribution in [2.45, 2.75) is 32.1 Å². The van der Waals surface area contributed by atoms with Crippen LogP contribution in [0.1, 0.15) is 32.1 Å². The summed E-state index contributed by atoms with van der Waals surface area (Å²) in [6.45, 7) is 4.54. The largest absolute Gasteiger partial charge is 0.339 e. The van der Waals surface area contributed by atoms with Crippen LogP contribution in [0.15, 0.2) is 12.2 Å². The van der Waals surface area contributed by atoms with Gasteiger partial charge in [0, 0.05) is 45.2 Å². The van der Waals surface area contributed by atoms with Crippen LogP contribution < -0.4 is 0 Å². The molecule has 0 bridgehead atoms. The predicted octanol–water partition coefficient (Wildman–Crippen LogP) is 1.70. The molecule has 0 spiro atoms. The Kier molecular flexibility index (Phi) is 4.46. The van der Waals surface area contributed by atoms with E-state index in [1.807, 2.05) is 14.7 Å². The second-order valence-electron chi connectivity index (χ2n) is 6.27. The molecule has 0 aromatic carbocycles. The fraction of sp³-hybridized carbons (Fsp3) is 0.750. The number of carbonyl (C=O) groups excluding carboxylic acids is 2. The Balaban J connectivity index is 1.49. The van der Waals surface area contributed by atoms with E-state index in [1.54, 1.807) is 0 Å². The van der Waals surface area contributed by atoms with Crippen LogP contribution in [-0.4, -0.2) is 65.9 Å². The molecule has 3 rings (SSSR count). The first-order chi connectivity index (χ1) is 10.3. The first-order valence-corrected chi connectivity index (χ1v) is 8.23. The van der Waals surface area contributed by atoms with E-state index in [0.29, 0.717) is 26.2 Å². The minimum Gasteiger partial charge on any atom is -0.339 e. The molecule has 3 amide bonds. The normalized spacial score (nSPS) is 26.3. The summed E-state index contributed by atoms with van der Waals surface area (Å²) in [7, 11) is 0. The summed E-state index contributed by atoms with van der Waals surface area (Å²) >= 11 is 0. The maximum absolute atomic E-state index is 12.5. The Morgan fingerprint density at radius 2 is 1.43 bits per heavy atom. The van der Waals surface area contributed by atoms with E-state index in [4.69, 9.17) is 0 Å². The Labute approximate surface area is 126 Å². The Bertz CT molecular complexity index is 421. The number of carbonyl (C=O) groups is 2. The van der Waals surface area contributed by atoms with Crippen molar-refractivity contribution >= 4 is 11.9 Å². The lowest BCUT2D eigenvalue weighted by Gasteiger charge is -2.38. The van der Waals surface area contributed by atoms with Gasteiger partial charge in [0.05, 0.1) is 0 Å². The highest BCUT2D eigenvalue weighted by Gasteiger charge is 2.30. The molecule has 21 heavy (non-hydrogen) atoms. The quantitative estimate of drug-likeness (QED) is 0.690. The number of hydrogen-bond donors (Lipinski definition) is 0. The summed E-state index contributed by atoms with van der Waals surface area (Å²) < 4.78 is 0. The van der Waals surface area contributed by atoms with Crippen LogP contribution in [0.3, 0.4) is 0 Å². The van der Waals surface area contributed by atoms with E-state index in [-0.39, 0.29) is 17.9 Å². The Morgan fingerprint density at radius 1 is 0.810 bits per heavy atom. The van der Waals surface area contributed by atoms with Gasteiger partial charge in [0.2, 0.25) is 5.91 Å². The summed E-state index contributed by atoms with van der Waals surface area (Å²) in [6, 6.07) is 0.167. The molecule has 0 aromatic rings. The summed E-state index contributed by atoms with van der Waals surface area (Å²) in [6.07, 6.45) is 9.41. The molecule has 5 nitrogen and oxygen atoms in total. The van der Waals surface area contributed by atoms with Crippen molar-refractivity contribution in [1.29, 1.82) is 0 Å². The highest BCUT2D eigenvalue weighted by atomic mass is 16.2. The van der Waals surface area contributed by atoms with Crippen LogP contribution in [0.5, 0.6) is 0 Å². The van der Waals surface area contributed by atoms with Gasteiger partial charge >= 0.3 is 6.03 Å². The van der Waals surface area contributed by atoms with Crippen LogP contribution in [-0.2, 0) is 4.79 Å². The van der Waals surface area contributed by atoms with Crippen LogP contribution in [0.25, 0.3) is 0 Å². The molecule has 2 heterocycles. The molecular weight excluding hydrogens is 266 g/mol. The lowest BCUT2D eigenvalue weighted by atomic mass is 9.93. The highest BCUT2D eigenvalue weighted by molar-refractivity contribution is 5.80. The zero-order chi connectivity index (χ0) is 14.7. The van der Waals surface area contributed by atoms with Crippen LogP contribution >= 0.6 is 0 Å². The van der Waals surface area contributed by atoms with E-state index in [1.165, 1.54) is 0 Å². The molecule has 0 N–H and O–H groups in total. The van der Waals surface area contributed by atoms with Crippen molar-refractivity contribution in [3.8, 4) is 0 Å². The van der Waals surface area contributed by atoms with E-state index >= 15 is 0 Å². The number of rotatable bonds is 1. The monoisotopic (exact) mass is 291 g/mol. The average molecular weight is 291 g/mol. The molecule has 116 valence electrons. The van der Waals surface area contributed by atoms with Crippen molar-refractivity contribution in [3.05, 3.63) is 12.2 Å². The number of likely N-dealkylation sites (tertiary alicyclic amines) is 1. The number of piperazine rings is 1. The maximum atomic E-state index is 12.5. The van der Waals surface area contributed by atoms with Crippen molar-refractivity contribution in [3.63, 3.8) is 0 Å². The predicted molar refractivity (Wildman–Crippen MR) is 80.8 cm³/mol. The lowest BCUT2D eigenvalue weighted by molar-refractivity contribution is -0.137. The van der Waals surface area contributed by atoms with Gasteiger partial charge in [0.15, 0.2) is 0 Å². The molecule has 2 aliphatic heterocycles. The fourth-order valence-electron chi connectivity index (χ4n) is 3.50. The third-order valence-corrected chi connectivity index (χ3v) is 4.86. The van der Waals surface area contributed by atoms with Crippen LogP contribution in [0.4, 0.5) is 4.79 Å². The standard InChI is InChI=1S/C16H25N3O2/c20-15(14-6-2-1-3-7-14)17-10-12-19(13-11-17)16(21)18-8-4-5-9-18/h1-2,14H,3-13H2. The number of urea groups is 1. The van der Waals surface area contributed by atoms with Gasteiger partial charge in [-0.25, -0.2) is 4.79 Å². The minimum absolute atomic E-state index is 0.163. The van der Waals surface area contributed by atoms with E-state index in [2.05, 4.69) is 12.2 Å². The van der Waals surface area contributed by atoms with Gasteiger partial charge in [-0.15, -0.1) is 0 Å². The summed E-state index contributed by atoms with van der Waals surface area (Å²) in [5.74, 6) is 0.448. The smallest absolute Gasteiger partial charge is 0.320 e. The van der Waals surface area contributed by atoms with Gasteiger partial charge in [0.1, 0.15) is 0 Å². The number of nitrogens with zero attached hydrogens (tertiary/aromatic N) is 3. The molecule has 2 fully saturated rings. The van der Waals surface area contributed by atoms with Crippen molar-refractivity contribution in [1.82, 2.24) is 14.7 Å². The zero-order valence-electron chi connectivity index (χ0n) is 12.7. The molecular formula is C16H25N3O2. The van der Waals surface area contributed by atoms with Crippen molar-refractivity contribution in [2.75, 3.05) is 39.3 Å². The topological polar surface area (TPSA) is 43.9 Å². The molecule has 1 atom stereocenters. The Hall–Kier alpha value is -1.52. The fourth-order valence-corrected chi connectivity index (χ4v) is 3.50. The molecule has 0 saturated carbocycles. The highest BCUT2D eigenvalue weighted by Crippen LogP contribution is 2.21. The number of allylic oxidation sites excluding steroid dienone is 2. The number of amides is 3. The molecule has 2 saturated heterocycles. The molecule has 0 radical (unpaired) electrons. The third kappa shape index (κ3) is 3.22. The first kappa shape index (κ1) is 14.4. The minimum atomic E-state index is 0.163. The van der Waals surface area contributed by atoms with E-state index < -0.39 is 0 Å². The van der Waals surface area contributed by atoms with E-state index in [0.717, 1.165) is 45.2 Å².